The number of aromatic nitrogens is 1. The molecule has 104 valence electrons. The van der Waals surface area contributed by atoms with E-state index in [1.165, 1.54) is 17.2 Å². The monoisotopic (exact) mass is 270 g/mol. The van der Waals surface area contributed by atoms with E-state index in [1.54, 1.807) is 6.07 Å². The summed E-state index contributed by atoms with van der Waals surface area (Å²) in [6, 6.07) is 13.4. The highest BCUT2D eigenvalue weighted by Gasteiger charge is 2.09. The van der Waals surface area contributed by atoms with Gasteiger partial charge in [0.05, 0.1) is 5.69 Å². The van der Waals surface area contributed by atoms with E-state index in [4.69, 9.17) is 5.11 Å². The van der Waals surface area contributed by atoms with Crippen LogP contribution in [0.2, 0.25) is 0 Å². The summed E-state index contributed by atoms with van der Waals surface area (Å²) in [7, 11) is 0. The molecule has 0 spiro atoms. The molecule has 0 saturated heterocycles. The molecule has 0 aliphatic rings. The van der Waals surface area contributed by atoms with Crippen LogP contribution in [0, 0.1) is 6.92 Å². The van der Waals surface area contributed by atoms with Crippen molar-refractivity contribution >= 4 is 5.97 Å². The predicted octanol–water partition coefficient (Wildman–Crippen LogP) is 2.94. The highest BCUT2D eigenvalue weighted by molar-refractivity contribution is 5.85. The molecule has 2 aromatic rings. The Hall–Kier alpha value is -2.20. The molecule has 0 saturated carbocycles. The quantitative estimate of drug-likeness (QED) is 0.877. The Kier molecular flexibility index (Phi) is 4.48. The minimum atomic E-state index is -1.00. The first-order valence-corrected chi connectivity index (χ1v) is 6.56. The second-order valence-electron chi connectivity index (χ2n) is 4.78. The van der Waals surface area contributed by atoms with Crippen molar-refractivity contribution in [2.75, 3.05) is 0 Å². The van der Waals surface area contributed by atoms with Crippen molar-refractivity contribution in [2.24, 2.45) is 0 Å². The summed E-state index contributed by atoms with van der Waals surface area (Å²) >= 11 is 0. The normalized spacial score (nSPS) is 12.1. The largest absolute Gasteiger partial charge is 0.477 e. The first-order valence-electron chi connectivity index (χ1n) is 6.56. The summed E-state index contributed by atoms with van der Waals surface area (Å²) in [4.78, 5) is 15.0. The third-order valence-corrected chi connectivity index (χ3v) is 3.27. The molecule has 20 heavy (non-hydrogen) atoms. The summed E-state index contributed by atoms with van der Waals surface area (Å²) < 4.78 is 0. The highest BCUT2D eigenvalue weighted by atomic mass is 16.4. The van der Waals surface area contributed by atoms with Crippen molar-refractivity contribution in [2.45, 2.75) is 26.4 Å². The summed E-state index contributed by atoms with van der Waals surface area (Å²) in [6.45, 7) is 4.71. The molecule has 4 nitrogen and oxygen atoms in total. The van der Waals surface area contributed by atoms with Crippen LogP contribution in [0.5, 0.6) is 0 Å². The number of aryl methyl sites for hydroxylation is 1. The number of carbonyl (C=O) groups is 1. The number of benzene rings is 1. The maximum absolute atomic E-state index is 10.9. The van der Waals surface area contributed by atoms with Crippen LogP contribution in [-0.2, 0) is 6.54 Å². The van der Waals surface area contributed by atoms with Gasteiger partial charge in [-0.25, -0.2) is 9.78 Å². The van der Waals surface area contributed by atoms with Gasteiger partial charge < -0.3 is 10.4 Å². The molecular weight excluding hydrogens is 252 g/mol. The first kappa shape index (κ1) is 14.2. The topological polar surface area (TPSA) is 62.2 Å². The lowest BCUT2D eigenvalue weighted by Gasteiger charge is -2.16. The number of pyridine rings is 1. The molecule has 0 fully saturated rings. The van der Waals surface area contributed by atoms with Crippen molar-refractivity contribution in [1.29, 1.82) is 0 Å². The second kappa shape index (κ2) is 6.30. The number of carboxylic acids is 1. The Balaban J connectivity index is 2.04. The lowest BCUT2D eigenvalue weighted by molar-refractivity contribution is 0.0690. The fourth-order valence-electron chi connectivity index (χ4n) is 2.14. The third-order valence-electron chi connectivity index (χ3n) is 3.27. The van der Waals surface area contributed by atoms with Gasteiger partial charge in [0.25, 0.3) is 0 Å². The van der Waals surface area contributed by atoms with E-state index in [2.05, 4.69) is 36.3 Å². The summed E-state index contributed by atoms with van der Waals surface area (Å²) in [5, 5.41) is 12.3. The van der Waals surface area contributed by atoms with E-state index < -0.39 is 5.97 Å². The van der Waals surface area contributed by atoms with E-state index in [1.807, 2.05) is 18.2 Å². The standard InChI is InChI=1S/C16H18N2O2/c1-11-6-3-4-8-14(11)12(2)17-10-13-7-5-9-15(18-13)16(19)20/h3-9,12,17H,10H2,1-2H3,(H,19,20). The van der Waals surface area contributed by atoms with Gasteiger partial charge in [-0.1, -0.05) is 30.3 Å². The molecule has 2 N–H and O–H groups in total. The molecule has 0 aliphatic carbocycles. The Bertz CT molecular complexity index is 611. The maximum Gasteiger partial charge on any atom is 0.354 e. The summed E-state index contributed by atoms with van der Waals surface area (Å²) in [5.41, 5.74) is 3.28. The van der Waals surface area contributed by atoms with Gasteiger partial charge >= 0.3 is 5.97 Å². The smallest absolute Gasteiger partial charge is 0.354 e. The van der Waals surface area contributed by atoms with E-state index >= 15 is 0 Å². The van der Waals surface area contributed by atoms with Crippen LogP contribution in [-0.4, -0.2) is 16.1 Å². The SMILES string of the molecule is Cc1ccccc1C(C)NCc1cccc(C(=O)O)n1. The van der Waals surface area contributed by atoms with Crippen LogP contribution >= 0.6 is 0 Å². The van der Waals surface area contributed by atoms with Gasteiger partial charge in [-0.2, -0.15) is 0 Å². The van der Waals surface area contributed by atoms with Crippen LogP contribution in [0.4, 0.5) is 0 Å². The molecule has 1 unspecified atom stereocenters. The van der Waals surface area contributed by atoms with E-state index in [-0.39, 0.29) is 11.7 Å². The van der Waals surface area contributed by atoms with Crippen LogP contribution in [0.25, 0.3) is 0 Å². The van der Waals surface area contributed by atoms with Crippen LogP contribution in [0.3, 0.4) is 0 Å². The number of carboxylic acid groups (broad SMARTS) is 1. The van der Waals surface area contributed by atoms with E-state index in [0.717, 1.165) is 5.69 Å². The molecule has 0 bridgehead atoms. The average molecular weight is 270 g/mol. The fraction of sp³-hybridized carbons (Fsp3) is 0.250. The average Bonchev–Trinajstić information content (AvgIpc) is 2.45. The van der Waals surface area contributed by atoms with E-state index in [0.29, 0.717) is 6.54 Å². The van der Waals surface area contributed by atoms with Gasteiger partial charge in [0.2, 0.25) is 0 Å². The van der Waals surface area contributed by atoms with Gasteiger partial charge in [0, 0.05) is 12.6 Å². The molecular formula is C16H18N2O2. The maximum atomic E-state index is 10.9. The van der Waals surface area contributed by atoms with Crippen LogP contribution in [0.15, 0.2) is 42.5 Å². The zero-order valence-electron chi connectivity index (χ0n) is 11.6. The molecule has 1 aromatic heterocycles. The molecule has 1 heterocycles. The minimum Gasteiger partial charge on any atom is -0.477 e. The summed E-state index contributed by atoms with van der Waals surface area (Å²) in [6.07, 6.45) is 0. The number of aromatic carboxylic acids is 1. The van der Waals surface area contributed by atoms with Crippen molar-refractivity contribution in [3.8, 4) is 0 Å². The highest BCUT2D eigenvalue weighted by Crippen LogP contribution is 2.17. The lowest BCUT2D eigenvalue weighted by atomic mass is 10.0. The lowest BCUT2D eigenvalue weighted by Crippen LogP contribution is -2.20. The number of nitrogens with one attached hydrogen (secondary N) is 1. The predicted molar refractivity (Wildman–Crippen MR) is 77.6 cm³/mol. The third kappa shape index (κ3) is 3.42. The van der Waals surface area contributed by atoms with Crippen molar-refractivity contribution in [3.63, 3.8) is 0 Å². The Labute approximate surface area is 118 Å². The molecule has 1 atom stereocenters. The molecule has 4 heteroatoms. The van der Waals surface area contributed by atoms with Gasteiger partial charge in [0.1, 0.15) is 5.69 Å². The molecule has 1 aromatic carbocycles. The number of hydrogen-bond acceptors (Lipinski definition) is 3. The van der Waals surface area contributed by atoms with Crippen LogP contribution in [0.1, 0.15) is 40.3 Å². The molecule has 0 radical (unpaired) electrons. The minimum absolute atomic E-state index is 0.0767. The zero-order valence-corrected chi connectivity index (χ0v) is 11.6. The number of hydrogen-bond donors (Lipinski definition) is 2. The van der Waals surface area contributed by atoms with E-state index in [9.17, 15) is 4.79 Å². The van der Waals surface area contributed by atoms with Crippen molar-refractivity contribution in [1.82, 2.24) is 10.3 Å². The van der Waals surface area contributed by atoms with Gasteiger partial charge in [-0.05, 0) is 37.1 Å². The first-order chi connectivity index (χ1) is 9.58. The van der Waals surface area contributed by atoms with Crippen molar-refractivity contribution in [3.05, 3.63) is 65.0 Å². The summed E-state index contributed by atoms with van der Waals surface area (Å²) in [5.74, 6) is -1.00. The van der Waals surface area contributed by atoms with Crippen molar-refractivity contribution < 1.29 is 9.90 Å². The molecule has 2 rings (SSSR count). The number of nitrogens with zero attached hydrogens (tertiary/aromatic N) is 1. The van der Waals surface area contributed by atoms with Crippen LogP contribution < -0.4 is 5.32 Å². The zero-order chi connectivity index (χ0) is 14.5. The molecule has 0 aliphatic heterocycles. The Morgan fingerprint density at radius 2 is 2.00 bits per heavy atom. The number of rotatable bonds is 5. The van der Waals surface area contributed by atoms with Gasteiger partial charge in [-0.3, -0.25) is 0 Å². The molecule has 0 amide bonds. The van der Waals surface area contributed by atoms with Gasteiger partial charge in [0.15, 0.2) is 0 Å². The fourth-order valence-corrected chi connectivity index (χ4v) is 2.14. The Morgan fingerprint density at radius 1 is 1.25 bits per heavy atom. The second-order valence-corrected chi connectivity index (χ2v) is 4.78. The Morgan fingerprint density at radius 3 is 2.70 bits per heavy atom. The van der Waals surface area contributed by atoms with Gasteiger partial charge in [-0.15, -0.1) is 0 Å².